The van der Waals surface area contributed by atoms with Crippen molar-refractivity contribution in [3.8, 4) is 0 Å². The van der Waals surface area contributed by atoms with E-state index < -0.39 is 0 Å². The Bertz CT molecular complexity index is 962. The highest BCUT2D eigenvalue weighted by Gasteiger charge is 2.38. The molecule has 4 rings (SSSR count). The van der Waals surface area contributed by atoms with Gasteiger partial charge in [-0.3, -0.25) is 14.5 Å². The van der Waals surface area contributed by atoms with E-state index >= 15 is 0 Å². The maximum atomic E-state index is 13.3. The summed E-state index contributed by atoms with van der Waals surface area (Å²) in [6.07, 6.45) is 0.670. The topological polar surface area (TPSA) is 71.1 Å². The van der Waals surface area contributed by atoms with Gasteiger partial charge >= 0.3 is 0 Å². The van der Waals surface area contributed by atoms with Crippen LogP contribution >= 0.6 is 34.3 Å². The number of likely N-dealkylation sites (N-methyl/N-ethyl adjacent to an activating group) is 1. The molecule has 3 unspecified atom stereocenters. The summed E-state index contributed by atoms with van der Waals surface area (Å²) >= 11 is 8.73. The van der Waals surface area contributed by atoms with E-state index in [-0.39, 0.29) is 30.0 Å². The molecular weight excluding hydrogens is 458 g/mol. The maximum absolute atomic E-state index is 13.3. The summed E-state index contributed by atoms with van der Waals surface area (Å²) in [7, 11) is 5.40. The number of rotatable bonds is 6. The molecule has 4 heterocycles. The van der Waals surface area contributed by atoms with Crippen LogP contribution in [0.25, 0.3) is 0 Å². The van der Waals surface area contributed by atoms with E-state index in [4.69, 9.17) is 21.1 Å². The summed E-state index contributed by atoms with van der Waals surface area (Å²) in [6.45, 7) is 2.40. The molecule has 2 aromatic heterocycles. The summed E-state index contributed by atoms with van der Waals surface area (Å²) in [5.74, 6) is -0.216. The van der Waals surface area contributed by atoms with Gasteiger partial charge in [0.1, 0.15) is 0 Å². The van der Waals surface area contributed by atoms with Crippen LogP contribution in [0.1, 0.15) is 35.8 Å². The fraction of sp³-hybridized carbons (Fsp3) is 0.524. The molecular formula is C21H26ClN3O4S2. The van der Waals surface area contributed by atoms with Crippen molar-refractivity contribution in [1.82, 2.24) is 15.1 Å². The molecule has 3 atom stereocenters. The Labute approximate surface area is 194 Å². The fourth-order valence-corrected chi connectivity index (χ4v) is 6.46. The first-order chi connectivity index (χ1) is 14.9. The summed E-state index contributed by atoms with van der Waals surface area (Å²) in [4.78, 5) is 32.4. The van der Waals surface area contributed by atoms with E-state index in [1.807, 2.05) is 6.07 Å². The van der Waals surface area contributed by atoms with Gasteiger partial charge in [0.15, 0.2) is 0 Å². The van der Waals surface area contributed by atoms with Crippen molar-refractivity contribution >= 4 is 46.1 Å². The fourth-order valence-electron chi connectivity index (χ4n) is 4.19. The van der Waals surface area contributed by atoms with E-state index in [0.717, 1.165) is 17.8 Å². The zero-order chi connectivity index (χ0) is 22.1. The summed E-state index contributed by atoms with van der Waals surface area (Å²) in [5.41, 5.74) is 1.23. The number of nitrogens with zero attached hydrogens (tertiary/aromatic N) is 2. The van der Waals surface area contributed by atoms with E-state index in [1.54, 1.807) is 42.6 Å². The maximum Gasteiger partial charge on any atom is 0.264 e. The minimum Gasteiger partial charge on any atom is -0.383 e. The van der Waals surface area contributed by atoms with Gasteiger partial charge in [-0.25, -0.2) is 0 Å². The minimum atomic E-state index is -0.274. The largest absolute Gasteiger partial charge is 0.383 e. The average Bonchev–Trinajstić information content (AvgIpc) is 3.47. The molecule has 1 N–H and O–H groups in total. The molecule has 0 radical (unpaired) electrons. The second-order valence-electron chi connectivity index (χ2n) is 7.87. The number of likely N-dealkylation sites (tertiary alicyclic amines) is 1. The van der Waals surface area contributed by atoms with Crippen molar-refractivity contribution in [2.75, 3.05) is 47.5 Å². The lowest BCUT2D eigenvalue weighted by atomic mass is 10.0. The molecule has 0 aromatic carbocycles. The number of carbonyl (C=O) groups excluding carboxylic acids is 2. The van der Waals surface area contributed by atoms with E-state index in [9.17, 15) is 9.59 Å². The first-order valence-electron chi connectivity index (χ1n) is 10.1. The van der Waals surface area contributed by atoms with E-state index in [0.29, 0.717) is 28.9 Å². The number of halogens is 1. The van der Waals surface area contributed by atoms with E-state index in [1.165, 1.54) is 21.8 Å². The highest BCUT2D eigenvalue weighted by Crippen LogP contribution is 2.36. The average molecular weight is 484 g/mol. The number of nitrogens with one attached hydrogen (secondary N) is 1. The molecule has 2 aromatic rings. The molecule has 1 saturated heterocycles. The highest BCUT2D eigenvalue weighted by molar-refractivity contribution is 7.18. The zero-order valence-electron chi connectivity index (χ0n) is 17.7. The van der Waals surface area contributed by atoms with Crippen LogP contribution in [0.3, 0.4) is 0 Å². The lowest BCUT2D eigenvalue weighted by molar-refractivity contribution is 0.0695. The standard InChI is InChI=1S/C21H26ClN3O4S2/c1-24-7-6-12-8-17(31-19(12)14(24)11-28-2)21(27)25-9-13(15(10-25)29-3)23-20(26)16-4-5-18(22)30-16/h4-5,8,13-15H,6-7,9-11H2,1-3H3,(H,23,26). The molecule has 10 heteroatoms. The molecule has 168 valence electrons. The Morgan fingerprint density at radius 3 is 2.71 bits per heavy atom. The van der Waals surface area contributed by atoms with Crippen LogP contribution in [0.2, 0.25) is 4.34 Å². The molecule has 2 amide bonds. The number of thiophene rings is 2. The molecule has 7 nitrogen and oxygen atoms in total. The van der Waals surface area contributed by atoms with Crippen molar-refractivity contribution < 1.29 is 19.1 Å². The Hall–Kier alpha value is -1.49. The third-order valence-electron chi connectivity index (χ3n) is 5.92. The highest BCUT2D eigenvalue weighted by atomic mass is 35.5. The normalized spacial score (nSPS) is 23.7. The number of methoxy groups -OCH3 is 2. The lowest BCUT2D eigenvalue weighted by Gasteiger charge is -2.31. The molecule has 0 saturated carbocycles. The molecule has 0 aliphatic carbocycles. The van der Waals surface area contributed by atoms with Gasteiger partial charge in [-0.1, -0.05) is 11.6 Å². The monoisotopic (exact) mass is 483 g/mol. The summed E-state index contributed by atoms with van der Waals surface area (Å²) in [6, 6.07) is 5.33. The number of ether oxygens (including phenoxy) is 2. The van der Waals surface area contributed by atoms with Gasteiger partial charge in [0, 0.05) is 38.7 Å². The van der Waals surface area contributed by atoms with Gasteiger partial charge in [-0.05, 0) is 37.2 Å². The second-order valence-corrected chi connectivity index (χ2v) is 10.7. The minimum absolute atomic E-state index is 0.0174. The lowest BCUT2D eigenvalue weighted by Crippen LogP contribution is -2.43. The van der Waals surface area contributed by atoms with Gasteiger partial charge in [-0.2, -0.15) is 0 Å². The summed E-state index contributed by atoms with van der Waals surface area (Å²) < 4.78 is 11.5. The third-order valence-corrected chi connectivity index (χ3v) is 8.41. The van der Waals surface area contributed by atoms with Crippen LogP contribution in [0, 0.1) is 0 Å². The Morgan fingerprint density at radius 2 is 2.03 bits per heavy atom. The first kappa shape index (κ1) is 22.7. The Balaban J connectivity index is 1.47. The molecule has 0 spiro atoms. The predicted octanol–water partition coefficient (Wildman–Crippen LogP) is 2.91. The summed E-state index contributed by atoms with van der Waals surface area (Å²) in [5, 5.41) is 3.00. The Morgan fingerprint density at radius 1 is 1.23 bits per heavy atom. The van der Waals surface area contributed by atoms with Crippen LogP contribution in [0.4, 0.5) is 0 Å². The molecule has 0 bridgehead atoms. The van der Waals surface area contributed by atoms with Gasteiger partial charge in [0.2, 0.25) is 0 Å². The third kappa shape index (κ3) is 4.67. The van der Waals surface area contributed by atoms with Crippen molar-refractivity contribution in [3.63, 3.8) is 0 Å². The van der Waals surface area contributed by atoms with Crippen LogP contribution in [-0.2, 0) is 15.9 Å². The van der Waals surface area contributed by atoms with Crippen LogP contribution in [0.5, 0.6) is 0 Å². The van der Waals surface area contributed by atoms with Crippen molar-refractivity contribution in [1.29, 1.82) is 0 Å². The van der Waals surface area contributed by atoms with Crippen molar-refractivity contribution in [3.05, 3.63) is 42.7 Å². The van der Waals surface area contributed by atoms with Crippen molar-refractivity contribution in [2.45, 2.75) is 24.6 Å². The van der Waals surface area contributed by atoms with Crippen LogP contribution < -0.4 is 5.32 Å². The van der Waals surface area contributed by atoms with Gasteiger partial charge in [0.25, 0.3) is 11.8 Å². The quantitative estimate of drug-likeness (QED) is 0.684. The SMILES string of the molecule is COCC1c2sc(C(=O)N3CC(NC(=O)c4ccc(Cl)s4)C(OC)C3)cc2CCN1C. The van der Waals surface area contributed by atoms with Gasteiger partial charge in [-0.15, -0.1) is 22.7 Å². The van der Waals surface area contributed by atoms with Gasteiger partial charge < -0.3 is 19.7 Å². The number of amides is 2. The predicted molar refractivity (Wildman–Crippen MR) is 123 cm³/mol. The zero-order valence-corrected chi connectivity index (χ0v) is 20.1. The molecule has 31 heavy (non-hydrogen) atoms. The molecule has 2 aliphatic heterocycles. The molecule has 1 fully saturated rings. The number of hydrogen-bond acceptors (Lipinski definition) is 7. The van der Waals surface area contributed by atoms with Crippen molar-refractivity contribution in [2.24, 2.45) is 0 Å². The number of hydrogen-bond donors (Lipinski definition) is 1. The number of fused-ring (bicyclic) bond motifs is 1. The smallest absolute Gasteiger partial charge is 0.264 e. The van der Waals surface area contributed by atoms with Crippen LogP contribution in [0.15, 0.2) is 18.2 Å². The van der Waals surface area contributed by atoms with Crippen LogP contribution in [-0.4, -0.2) is 81.3 Å². The van der Waals surface area contributed by atoms with Gasteiger partial charge in [0.05, 0.1) is 38.9 Å². The Kier molecular flexibility index (Phi) is 7.00. The second kappa shape index (κ2) is 9.56. The number of carbonyl (C=O) groups is 2. The van der Waals surface area contributed by atoms with E-state index in [2.05, 4.69) is 17.3 Å². The molecule has 2 aliphatic rings. The first-order valence-corrected chi connectivity index (χ1v) is 12.1.